The summed E-state index contributed by atoms with van der Waals surface area (Å²) in [6, 6.07) is 7.63. The van der Waals surface area contributed by atoms with E-state index in [0.29, 0.717) is 29.6 Å². The molecule has 1 atom stereocenters. The first-order valence-electron chi connectivity index (χ1n) is 10.4. The second kappa shape index (κ2) is 9.70. The minimum absolute atomic E-state index is 0.00970. The van der Waals surface area contributed by atoms with Crippen molar-refractivity contribution in [3.05, 3.63) is 58.9 Å². The first-order valence-corrected chi connectivity index (χ1v) is 12.3. The van der Waals surface area contributed by atoms with Crippen LogP contribution in [0.2, 0.25) is 5.02 Å². The maximum Gasteiger partial charge on any atom is 0.410 e. The topological polar surface area (TPSA) is 112 Å². The molecule has 1 aliphatic rings. The van der Waals surface area contributed by atoms with Crippen LogP contribution in [0, 0.1) is 5.92 Å². The smallest absolute Gasteiger partial charge is 0.410 e. The Bertz CT molecular complexity index is 1160. The quantitative estimate of drug-likeness (QED) is 0.667. The van der Waals surface area contributed by atoms with Gasteiger partial charge < -0.3 is 14.4 Å². The van der Waals surface area contributed by atoms with Gasteiger partial charge in [0.25, 0.3) is 0 Å². The van der Waals surface area contributed by atoms with Crippen molar-refractivity contribution in [1.82, 2.24) is 9.88 Å². The molecule has 0 saturated heterocycles. The van der Waals surface area contributed by atoms with E-state index >= 15 is 0 Å². The maximum absolute atomic E-state index is 12.3. The Balaban J connectivity index is 1.66. The van der Waals surface area contributed by atoms with Crippen LogP contribution in [-0.4, -0.2) is 43.1 Å². The molecule has 1 amide bonds. The number of ether oxygens (including phenoxy) is 2. The fourth-order valence-electron chi connectivity index (χ4n) is 3.40. The SMILES string of the molecule is CC1CN(C(=O)OC(C)(C)C)CC=C1c1cnc(COc2ccc(S(N)(=O)=O)cc2)c(Cl)c1. The molecule has 0 bridgehead atoms. The van der Waals surface area contributed by atoms with Gasteiger partial charge in [0.1, 0.15) is 18.0 Å². The Hall–Kier alpha value is -2.62. The molecule has 3 rings (SSSR count). The molecule has 0 saturated carbocycles. The van der Waals surface area contributed by atoms with Crippen LogP contribution in [0.25, 0.3) is 5.57 Å². The van der Waals surface area contributed by atoms with Crippen molar-refractivity contribution in [2.24, 2.45) is 11.1 Å². The lowest BCUT2D eigenvalue weighted by atomic mass is 9.91. The highest BCUT2D eigenvalue weighted by Crippen LogP contribution is 2.30. The molecule has 10 heteroatoms. The number of halogens is 1. The first-order chi connectivity index (χ1) is 15.3. The van der Waals surface area contributed by atoms with Crippen LogP contribution in [0.15, 0.2) is 47.5 Å². The molecule has 8 nitrogen and oxygen atoms in total. The maximum atomic E-state index is 12.3. The van der Waals surface area contributed by atoms with Crippen LogP contribution in [0.1, 0.15) is 39.0 Å². The van der Waals surface area contributed by atoms with Crippen molar-refractivity contribution in [3.8, 4) is 5.75 Å². The van der Waals surface area contributed by atoms with Crippen LogP contribution in [0.5, 0.6) is 5.75 Å². The number of primary sulfonamides is 1. The molecule has 2 N–H and O–H groups in total. The number of nitrogens with two attached hydrogens (primary N) is 1. The summed E-state index contributed by atoms with van der Waals surface area (Å²) < 4.78 is 33.8. The third kappa shape index (κ3) is 6.69. The molecule has 1 aromatic heterocycles. The first kappa shape index (κ1) is 25.0. The second-order valence-electron chi connectivity index (χ2n) is 8.90. The largest absolute Gasteiger partial charge is 0.487 e. The van der Waals surface area contributed by atoms with Crippen molar-refractivity contribution < 1.29 is 22.7 Å². The van der Waals surface area contributed by atoms with Crippen LogP contribution in [-0.2, 0) is 21.4 Å². The van der Waals surface area contributed by atoms with Crippen LogP contribution < -0.4 is 9.88 Å². The Labute approximate surface area is 199 Å². The van der Waals surface area contributed by atoms with Crippen molar-refractivity contribution in [2.75, 3.05) is 13.1 Å². The lowest BCUT2D eigenvalue weighted by Gasteiger charge is -2.33. The number of rotatable bonds is 5. The highest BCUT2D eigenvalue weighted by atomic mass is 35.5. The molecule has 0 radical (unpaired) electrons. The van der Waals surface area contributed by atoms with Crippen molar-refractivity contribution >= 4 is 33.3 Å². The Kier molecular flexibility index (Phi) is 7.36. The molecular weight excluding hydrogens is 466 g/mol. The van der Waals surface area contributed by atoms with Gasteiger partial charge in [-0.25, -0.2) is 18.4 Å². The lowest BCUT2D eigenvalue weighted by molar-refractivity contribution is 0.0251. The van der Waals surface area contributed by atoms with Gasteiger partial charge >= 0.3 is 6.09 Å². The molecular formula is C23H28ClN3O5S. The minimum Gasteiger partial charge on any atom is -0.487 e. The van der Waals surface area contributed by atoms with Gasteiger partial charge in [0.05, 0.1) is 15.6 Å². The number of carbonyl (C=O) groups is 1. The summed E-state index contributed by atoms with van der Waals surface area (Å²) in [5.74, 6) is 0.554. The fraction of sp³-hybridized carbons (Fsp3) is 0.391. The van der Waals surface area contributed by atoms with E-state index in [1.165, 1.54) is 24.3 Å². The Morgan fingerprint density at radius 1 is 1.27 bits per heavy atom. The van der Waals surface area contributed by atoms with Crippen LogP contribution in [0.3, 0.4) is 0 Å². The van der Waals surface area contributed by atoms with Gasteiger partial charge in [0, 0.05) is 19.3 Å². The predicted octanol–water partition coefficient (Wildman–Crippen LogP) is 4.23. The van der Waals surface area contributed by atoms with E-state index in [4.69, 9.17) is 26.2 Å². The third-order valence-corrected chi connectivity index (χ3v) is 6.24. The lowest BCUT2D eigenvalue weighted by Crippen LogP contribution is -2.41. The minimum atomic E-state index is -3.75. The van der Waals surface area contributed by atoms with Crippen molar-refractivity contribution in [3.63, 3.8) is 0 Å². The van der Waals surface area contributed by atoms with E-state index in [-0.39, 0.29) is 23.5 Å². The average Bonchev–Trinajstić information content (AvgIpc) is 2.71. The molecule has 2 aromatic rings. The highest BCUT2D eigenvalue weighted by molar-refractivity contribution is 7.89. The fourth-order valence-corrected chi connectivity index (χ4v) is 4.13. The van der Waals surface area contributed by atoms with Gasteiger partial charge in [-0.1, -0.05) is 24.6 Å². The van der Waals surface area contributed by atoms with E-state index in [2.05, 4.69) is 4.98 Å². The highest BCUT2D eigenvalue weighted by Gasteiger charge is 2.27. The number of aromatic nitrogens is 1. The van der Waals surface area contributed by atoms with Gasteiger partial charge in [-0.15, -0.1) is 0 Å². The molecule has 2 heterocycles. The molecule has 0 spiro atoms. The summed E-state index contributed by atoms with van der Waals surface area (Å²) in [7, 11) is -3.75. The van der Waals surface area contributed by atoms with E-state index in [9.17, 15) is 13.2 Å². The van der Waals surface area contributed by atoms with Gasteiger partial charge in [-0.3, -0.25) is 4.98 Å². The molecule has 33 heavy (non-hydrogen) atoms. The summed E-state index contributed by atoms with van der Waals surface area (Å²) in [4.78, 5) is 18.5. The zero-order valence-electron chi connectivity index (χ0n) is 19.0. The Morgan fingerprint density at radius 2 is 1.94 bits per heavy atom. The molecule has 1 aliphatic heterocycles. The summed E-state index contributed by atoms with van der Waals surface area (Å²) in [5, 5.41) is 5.55. The number of pyridine rings is 1. The second-order valence-corrected chi connectivity index (χ2v) is 10.9. The summed E-state index contributed by atoms with van der Waals surface area (Å²) >= 11 is 6.45. The zero-order valence-corrected chi connectivity index (χ0v) is 20.6. The molecule has 0 aliphatic carbocycles. The van der Waals surface area contributed by atoms with Gasteiger partial charge in [0.15, 0.2) is 0 Å². The number of carbonyl (C=O) groups excluding carboxylic acids is 1. The number of sulfonamides is 1. The summed E-state index contributed by atoms with van der Waals surface area (Å²) in [5.41, 5.74) is 1.97. The third-order valence-electron chi connectivity index (χ3n) is 4.99. The normalized spacial score (nSPS) is 16.8. The van der Waals surface area contributed by atoms with Crippen molar-refractivity contribution in [2.45, 2.75) is 44.8 Å². The standard InChI is InChI=1S/C23H28ClN3O5S/c1-15-13-27(22(28)32-23(2,3)4)10-9-19(15)16-11-20(24)21(26-12-16)14-31-17-5-7-18(8-6-17)33(25,29)30/h5-9,11-12,15H,10,13-14H2,1-4H3,(H2,25,29,30). The number of benzene rings is 1. The molecule has 1 aromatic carbocycles. The summed E-state index contributed by atoms with van der Waals surface area (Å²) in [6.07, 6.45) is 3.40. The molecule has 178 valence electrons. The van der Waals surface area contributed by atoms with Gasteiger partial charge in [0.2, 0.25) is 10.0 Å². The van der Waals surface area contributed by atoms with E-state index < -0.39 is 15.6 Å². The van der Waals surface area contributed by atoms with E-state index in [0.717, 1.165) is 11.1 Å². The van der Waals surface area contributed by atoms with Crippen molar-refractivity contribution in [1.29, 1.82) is 0 Å². The number of hydrogen-bond donors (Lipinski definition) is 1. The number of hydrogen-bond acceptors (Lipinski definition) is 6. The summed E-state index contributed by atoms with van der Waals surface area (Å²) in [6.45, 7) is 8.69. The van der Waals surface area contributed by atoms with Crippen LogP contribution in [0.4, 0.5) is 4.79 Å². The molecule has 0 fully saturated rings. The number of nitrogens with zero attached hydrogens (tertiary/aromatic N) is 2. The predicted molar refractivity (Wildman–Crippen MR) is 126 cm³/mol. The van der Waals surface area contributed by atoms with E-state index in [1.54, 1.807) is 11.1 Å². The average molecular weight is 494 g/mol. The Morgan fingerprint density at radius 3 is 2.48 bits per heavy atom. The van der Waals surface area contributed by atoms with Gasteiger partial charge in [-0.2, -0.15) is 0 Å². The van der Waals surface area contributed by atoms with Crippen LogP contribution >= 0.6 is 11.6 Å². The molecule has 1 unspecified atom stereocenters. The monoisotopic (exact) mass is 493 g/mol. The van der Waals surface area contributed by atoms with E-state index in [1.807, 2.05) is 39.8 Å². The van der Waals surface area contributed by atoms with Gasteiger partial charge in [-0.05, 0) is 68.2 Å². The number of amides is 1. The zero-order chi connectivity index (χ0) is 24.4.